The van der Waals surface area contributed by atoms with E-state index in [-0.39, 0.29) is 22.4 Å². The quantitative estimate of drug-likeness (QED) is 0.586. The molecule has 0 aliphatic rings. The van der Waals surface area contributed by atoms with Gasteiger partial charge in [-0.15, -0.1) is 0 Å². The van der Waals surface area contributed by atoms with Crippen molar-refractivity contribution in [2.45, 2.75) is 19.4 Å². The van der Waals surface area contributed by atoms with Crippen LogP contribution in [0.5, 0.6) is 0 Å². The number of aliphatic hydroxyl groups is 2. The summed E-state index contributed by atoms with van der Waals surface area (Å²) in [5.74, 6) is -0.384. The van der Waals surface area contributed by atoms with Crippen molar-refractivity contribution in [1.82, 2.24) is 15.3 Å². The van der Waals surface area contributed by atoms with Crippen molar-refractivity contribution in [3.8, 4) is 0 Å². The third-order valence-electron chi connectivity index (χ3n) is 3.01. The lowest BCUT2D eigenvalue weighted by atomic mass is 10.0. The maximum absolute atomic E-state index is 12.3. The van der Waals surface area contributed by atoms with Gasteiger partial charge in [0.15, 0.2) is 0 Å². The minimum Gasteiger partial charge on any atom is -0.442 e. The van der Waals surface area contributed by atoms with E-state index in [0.29, 0.717) is 0 Å². The second kappa shape index (κ2) is 5.06. The number of nitrogens with zero attached hydrogens (tertiary/aromatic N) is 1. The molecule has 8 nitrogen and oxygen atoms in total. The number of carbonyl (C=O) groups excluding carboxylic acids is 1. The standard InChI is InChI=1S/C12H15N3O5/c1-6-7(10(19)15-12(2,3-16)4-17)8-9(18)13-5-14-11(8)20-6/h5,16-17H,3-4H2,1-2H3,(H,15,19)(H,13,14,18). The Kier molecular flexibility index (Phi) is 3.60. The number of fused-ring (bicyclic) bond motifs is 1. The molecule has 2 aromatic heterocycles. The molecule has 0 saturated carbocycles. The van der Waals surface area contributed by atoms with Gasteiger partial charge in [0.05, 0.1) is 30.6 Å². The van der Waals surface area contributed by atoms with E-state index < -0.39 is 30.2 Å². The Balaban J connectivity index is 2.50. The zero-order valence-electron chi connectivity index (χ0n) is 11.1. The van der Waals surface area contributed by atoms with Gasteiger partial charge in [-0.1, -0.05) is 0 Å². The molecule has 0 aliphatic heterocycles. The summed E-state index contributed by atoms with van der Waals surface area (Å²) < 4.78 is 5.27. The molecule has 2 aromatic rings. The molecule has 0 radical (unpaired) electrons. The number of nitrogens with one attached hydrogen (secondary N) is 2. The first kappa shape index (κ1) is 14.2. The number of aliphatic hydroxyl groups excluding tert-OH is 2. The van der Waals surface area contributed by atoms with E-state index in [0.717, 1.165) is 0 Å². The first-order valence-electron chi connectivity index (χ1n) is 5.93. The van der Waals surface area contributed by atoms with Gasteiger partial charge in [-0.25, -0.2) is 4.98 Å². The minimum atomic E-state index is -1.19. The number of rotatable bonds is 4. The van der Waals surface area contributed by atoms with Crippen molar-refractivity contribution in [2.75, 3.05) is 13.2 Å². The number of H-pyrrole nitrogens is 1. The van der Waals surface area contributed by atoms with Gasteiger partial charge in [-0.2, -0.15) is 0 Å². The van der Waals surface area contributed by atoms with Crippen LogP contribution in [0.25, 0.3) is 11.1 Å². The number of hydrogen-bond donors (Lipinski definition) is 4. The predicted octanol–water partition coefficient (Wildman–Crippen LogP) is -0.702. The Labute approximate surface area is 113 Å². The number of aryl methyl sites for hydroxylation is 1. The van der Waals surface area contributed by atoms with Gasteiger partial charge in [0.1, 0.15) is 11.1 Å². The van der Waals surface area contributed by atoms with Crippen LogP contribution in [0.3, 0.4) is 0 Å². The van der Waals surface area contributed by atoms with E-state index in [9.17, 15) is 19.8 Å². The molecule has 0 atom stereocenters. The molecule has 4 N–H and O–H groups in total. The second-order valence-corrected chi connectivity index (χ2v) is 4.78. The van der Waals surface area contributed by atoms with Crippen LogP contribution in [0, 0.1) is 6.92 Å². The molecule has 0 aliphatic carbocycles. The van der Waals surface area contributed by atoms with Crippen LogP contribution < -0.4 is 10.9 Å². The first-order valence-corrected chi connectivity index (χ1v) is 5.93. The Morgan fingerprint density at radius 2 is 2.15 bits per heavy atom. The average Bonchev–Trinajstić information content (AvgIpc) is 2.76. The normalized spacial score (nSPS) is 11.8. The molecule has 0 bridgehead atoms. The lowest BCUT2D eigenvalue weighted by Gasteiger charge is -2.25. The van der Waals surface area contributed by atoms with Crippen LogP contribution in [-0.4, -0.2) is 44.8 Å². The molecular weight excluding hydrogens is 266 g/mol. The van der Waals surface area contributed by atoms with Gasteiger partial charge in [-0.05, 0) is 13.8 Å². The Hall–Kier alpha value is -2.19. The molecule has 2 rings (SSSR count). The molecule has 8 heteroatoms. The van der Waals surface area contributed by atoms with Crippen LogP contribution in [0.2, 0.25) is 0 Å². The molecule has 0 spiro atoms. The predicted molar refractivity (Wildman–Crippen MR) is 69.4 cm³/mol. The largest absolute Gasteiger partial charge is 0.442 e. The number of hydrogen-bond acceptors (Lipinski definition) is 6. The highest BCUT2D eigenvalue weighted by atomic mass is 16.3. The molecule has 108 valence electrons. The first-order chi connectivity index (χ1) is 9.41. The van der Waals surface area contributed by atoms with Gasteiger partial charge >= 0.3 is 0 Å². The van der Waals surface area contributed by atoms with Crippen LogP contribution in [0.4, 0.5) is 0 Å². The Morgan fingerprint density at radius 1 is 1.50 bits per heavy atom. The van der Waals surface area contributed by atoms with Crippen molar-refractivity contribution < 1.29 is 19.4 Å². The fourth-order valence-corrected chi connectivity index (χ4v) is 1.79. The van der Waals surface area contributed by atoms with Crippen molar-refractivity contribution in [3.05, 3.63) is 28.0 Å². The van der Waals surface area contributed by atoms with Crippen molar-refractivity contribution in [1.29, 1.82) is 0 Å². The van der Waals surface area contributed by atoms with Crippen LogP contribution in [0.1, 0.15) is 23.0 Å². The number of amides is 1. The SMILES string of the molecule is Cc1oc2nc[nH]c(=O)c2c1C(=O)NC(C)(CO)CO. The van der Waals surface area contributed by atoms with Crippen LogP contribution in [0.15, 0.2) is 15.5 Å². The Bertz CT molecular complexity index is 699. The van der Waals surface area contributed by atoms with E-state index >= 15 is 0 Å². The highest BCUT2D eigenvalue weighted by Crippen LogP contribution is 2.21. The fraction of sp³-hybridized carbons (Fsp3) is 0.417. The van der Waals surface area contributed by atoms with Crippen molar-refractivity contribution in [2.24, 2.45) is 0 Å². The summed E-state index contributed by atoms with van der Waals surface area (Å²) in [7, 11) is 0. The summed E-state index contributed by atoms with van der Waals surface area (Å²) in [5, 5.41) is 20.9. The molecular formula is C12H15N3O5. The van der Waals surface area contributed by atoms with E-state index in [1.807, 2.05) is 0 Å². The maximum Gasteiger partial charge on any atom is 0.262 e. The zero-order valence-corrected chi connectivity index (χ0v) is 11.1. The van der Waals surface area contributed by atoms with E-state index in [1.165, 1.54) is 20.2 Å². The summed E-state index contributed by atoms with van der Waals surface area (Å²) in [6, 6.07) is 0. The number of aromatic amines is 1. The average molecular weight is 281 g/mol. The minimum absolute atomic E-state index is 0.0423. The highest BCUT2D eigenvalue weighted by molar-refractivity contribution is 6.06. The van der Waals surface area contributed by atoms with E-state index in [2.05, 4.69) is 15.3 Å². The molecule has 2 heterocycles. The van der Waals surface area contributed by atoms with Crippen LogP contribution in [-0.2, 0) is 0 Å². The zero-order chi connectivity index (χ0) is 14.9. The molecule has 0 aromatic carbocycles. The summed E-state index contributed by atoms with van der Waals surface area (Å²) in [5.41, 5.74) is -1.58. The molecule has 0 saturated heterocycles. The van der Waals surface area contributed by atoms with Gasteiger partial charge in [-0.3, -0.25) is 9.59 Å². The topological polar surface area (TPSA) is 128 Å². The molecule has 0 fully saturated rings. The third kappa shape index (κ3) is 2.30. The summed E-state index contributed by atoms with van der Waals surface area (Å²) in [6.07, 6.45) is 1.18. The number of carbonyl (C=O) groups is 1. The second-order valence-electron chi connectivity index (χ2n) is 4.78. The highest BCUT2D eigenvalue weighted by Gasteiger charge is 2.29. The van der Waals surface area contributed by atoms with E-state index in [1.54, 1.807) is 0 Å². The summed E-state index contributed by atoms with van der Waals surface area (Å²) in [6.45, 7) is 2.12. The van der Waals surface area contributed by atoms with Crippen molar-refractivity contribution in [3.63, 3.8) is 0 Å². The van der Waals surface area contributed by atoms with E-state index in [4.69, 9.17) is 4.42 Å². The molecule has 20 heavy (non-hydrogen) atoms. The lowest BCUT2D eigenvalue weighted by Crippen LogP contribution is -2.51. The molecule has 0 unspecified atom stereocenters. The van der Waals surface area contributed by atoms with Crippen LogP contribution >= 0.6 is 0 Å². The third-order valence-corrected chi connectivity index (χ3v) is 3.01. The monoisotopic (exact) mass is 281 g/mol. The van der Waals surface area contributed by atoms with Gasteiger partial charge in [0.2, 0.25) is 5.71 Å². The smallest absolute Gasteiger partial charge is 0.262 e. The Morgan fingerprint density at radius 3 is 2.75 bits per heavy atom. The number of aromatic nitrogens is 2. The van der Waals surface area contributed by atoms with Gasteiger partial charge < -0.3 is 24.9 Å². The summed E-state index contributed by atoms with van der Waals surface area (Å²) >= 11 is 0. The summed E-state index contributed by atoms with van der Waals surface area (Å²) in [4.78, 5) is 30.3. The van der Waals surface area contributed by atoms with Crippen molar-refractivity contribution >= 4 is 17.0 Å². The fourth-order valence-electron chi connectivity index (χ4n) is 1.79. The number of furan rings is 1. The molecule has 1 amide bonds. The maximum atomic E-state index is 12.3. The lowest BCUT2D eigenvalue weighted by molar-refractivity contribution is 0.0723. The van der Waals surface area contributed by atoms with Gasteiger partial charge in [0, 0.05) is 0 Å². The van der Waals surface area contributed by atoms with Gasteiger partial charge in [0.25, 0.3) is 11.5 Å².